The molecule has 1 aromatic carbocycles. The Balaban J connectivity index is 2.09. The first-order chi connectivity index (χ1) is 10.8. The van der Waals surface area contributed by atoms with Crippen LogP contribution in [0.3, 0.4) is 0 Å². The Morgan fingerprint density at radius 2 is 1.83 bits per heavy atom. The molecule has 1 saturated carbocycles. The second-order valence-corrected chi connectivity index (χ2v) is 8.45. The van der Waals surface area contributed by atoms with Gasteiger partial charge in [0.2, 0.25) is 10.0 Å². The van der Waals surface area contributed by atoms with Gasteiger partial charge in [-0.15, -0.1) is 0 Å². The van der Waals surface area contributed by atoms with Crippen LogP contribution in [0.2, 0.25) is 0 Å². The minimum absolute atomic E-state index is 0.230. The molecule has 23 heavy (non-hydrogen) atoms. The van der Waals surface area contributed by atoms with Crippen molar-refractivity contribution in [3.05, 3.63) is 24.3 Å². The molecule has 1 fully saturated rings. The molecule has 1 aromatic rings. The van der Waals surface area contributed by atoms with Crippen molar-refractivity contribution in [2.75, 3.05) is 11.3 Å². The van der Waals surface area contributed by atoms with Crippen LogP contribution in [0.25, 0.3) is 0 Å². The van der Waals surface area contributed by atoms with Gasteiger partial charge in [-0.25, -0.2) is 8.42 Å². The van der Waals surface area contributed by atoms with E-state index >= 15 is 0 Å². The van der Waals surface area contributed by atoms with Gasteiger partial charge in [0, 0.05) is 17.9 Å². The van der Waals surface area contributed by atoms with Crippen LogP contribution in [0, 0.1) is 0 Å². The lowest BCUT2D eigenvalue weighted by atomic mass is 9.77. The quantitative estimate of drug-likeness (QED) is 0.702. The fourth-order valence-corrected chi connectivity index (χ4v) is 3.44. The lowest BCUT2D eigenvalue weighted by Crippen LogP contribution is -2.43. The van der Waals surface area contributed by atoms with Gasteiger partial charge >= 0.3 is 7.12 Å². The average molecular weight is 339 g/mol. The van der Waals surface area contributed by atoms with Gasteiger partial charge in [-0.05, 0) is 57.6 Å². The molecule has 0 saturated heterocycles. The van der Waals surface area contributed by atoms with Crippen LogP contribution >= 0.6 is 0 Å². The van der Waals surface area contributed by atoms with Crippen LogP contribution in [0.5, 0.6) is 0 Å². The number of hydrogen-bond donors (Lipinski definition) is 1. The van der Waals surface area contributed by atoms with Crippen LogP contribution < -0.4 is 10.2 Å². The zero-order valence-corrected chi connectivity index (χ0v) is 15.2. The highest BCUT2D eigenvalue weighted by Crippen LogP contribution is 2.29. The highest BCUT2D eigenvalue weighted by Gasteiger charge is 2.35. The summed E-state index contributed by atoms with van der Waals surface area (Å²) in [6.45, 7) is 8.58. The van der Waals surface area contributed by atoms with Crippen LogP contribution in [0.1, 0.15) is 47.0 Å². The first-order valence-corrected chi connectivity index (χ1v) is 9.73. The van der Waals surface area contributed by atoms with E-state index in [2.05, 4.69) is 11.6 Å². The predicted octanol–water partition coefficient (Wildman–Crippen LogP) is 2.53. The monoisotopic (exact) mass is 339 g/mol. The molecule has 7 heteroatoms. The minimum Gasteiger partial charge on any atom is -0.408 e. The maximum absolute atomic E-state index is 11.9. The minimum atomic E-state index is -3.23. The Morgan fingerprint density at radius 1 is 1.22 bits per heavy atom. The van der Waals surface area contributed by atoms with Crippen molar-refractivity contribution in [1.29, 1.82) is 0 Å². The van der Waals surface area contributed by atoms with E-state index in [0.29, 0.717) is 12.3 Å². The molecule has 128 valence electrons. The summed E-state index contributed by atoms with van der Waals surface area (Å²) < 4.78 is 38.3. The van der Waals surface area contributed by atoms with Crippen molar-refractivity contribution in [3.63, 3.8) is 0 Å². The standard InChI is InChI=1S/C16H26BNO4S/c1-5-16(3,4)22-17(21-6-2)13-7-9-14(10-8-13)18-23(19,20)15-11-12-15/h7-10,15,18H,5-6,11-12H2,1-4H3. The van der Waals surface area contributed by atoms with Crippen molar-refractivity contribution < 1.29 is 17.7 Å². The third-order valence-corrected chi connectivity index (χ3v) is 5.87. The van der Waals surface area contributed by atoms with E-state index in [4.69, 9.17) is 9.31 Å². The lowest BCUT2D eigenvalue weighted by Gasteiger charge is -2.28. The number of sulfonamides is 1. The molecule has 2 rings (SSSR count). The molecular weight excluding hydrogens is 313 g/mol. The van der Waals surface area contributed by atoms with E-state index < -0.39 is 17.1 Å². The summed E-state index contributed by atoms with van der Waals surface area (Å²) in [6.07, 6.45) is 2.37. The molecule has 0 bridgehead atoms. The summed E-state index contributed by atoms with van der Waals surface area (Å²) in [5, 5.41) is -0.230. The number of anilines is 1. The van der Waals surface area contributed by atoms with Crippen molar-refractivity contribution in [3.8, 4) is 0 Å². The van der Waals surface area contributed by atoms with Crippen LogP contribution in [0.15, 0.2) is 24.3 Å². The fourth-order valence-electron chi connectivity index (χ4n) is 2.06. The zero-order valence-electron chi connectivity index (χ0n) is 14.3. The molecule has 1 N–H and O–H groups in total. The topological polar surface area (TPSA) is 64.6 Å². The maximum Gasteiger partial charge on any atom is 0.494 e. The normalized spacial score (nSPS) is 15.5. The first-order valence-electron chi connectivity index (χ1n) is 8.18. The van der Waals surface area contributed by atoms with Gasteiger partial charge in [-0.2, -0.15) is 0 Å². The van der Waals surface area contributed by atoms with Gasteiger partial charge in [-0.1, -0.05) is 19.1 Å². The molecule has 0 aromatic heterocycles. The Bertz CT molecular complexity index is 611. The summed E-state index contributed by atoms with van der Waals surface area (Å²) in [5.41, 5.74) is 1.17. The van der Waals surface area contributed by atoms with Crippen LogP contribution in [0.4, 0.5) is 5.69 Å². The average Bonchev–Trinajstić information content (AvgIpc) is 3.32. The Hall–Kier alpha value is -1.05. The molecule has 0 radical (unpaired) electrons. The molecule has 0 unspecified atom stereocenters. The SMILES string of the molecule is CCOB(OC(C)(C)CC)c1ccc(NS(=O)(=O)C2CC2)cc1. The smallest absolute Gasteiger partial charge is 0.408 e. The molecule has 0 aliphatic heterocycles. The van der Waals surface area contributed by atoms with E-state index in [9.17, 15) is 8.42 Å². The van der Waals surface area contributed by atoms with E-state index in [0.717, 1.165) is 24.7 Å². The van der Waals surface area contributed by atoms with E-state index in [-0.39, 0.29) is 10.9 Å². The number of nitrogens with one attached hydrogen (secondary N) is 1. The van der Waals surface area contributed by atoms with Crippen molar-refractivity contribution in [1.82, 2.24) is 0 Å². The van der Waals surface area contributed by atoms with Crippen LogP contribution in [-0.4, -0.2) is 33.0 Å². The van der Waals surface area contributed by atoms with Gasteiger partial charge in [-0.3, -0.25) is 4.72 Å². The summed E-state index contributed by atoms with van der Waals surface area (Å²) in [6, 6.07) is 7.20. The predicted molar refractivity (Wildman–Crippen MR) is 94.5 cm³/mol. The van der Waals surface area contributed by atoms with Crippen LogP contribution in [-0.2, 0) is 19.3 Å². The van der Waals surface area contributed by atoms with Gasteiger partial charge in [0.15, 0.2) is 0 Å². The van der Waals surface area contributed by atoms with E-state index in [1.807, 2.05) is 32.9 Å². The second-order valence-electron chi connectivity index (χ2n) is 6.49. The third kappa shape index (κ3) is 5.23. The molecule has 1 aliphatic rings. The Kier molecular flexibility index (Phi) is 5.76. The molecule has 5 nitrogen and oxygen atoms in total. The number of benzene rings is 1. The van der Waals surface area contributed by atoms with Gasteiger partial charge < -0.3 is 9.31 Å². The zero-order chi connectivity index (χ0) is 17.1. The van der Waals surface area contributed by atoms with Gasteiger partial charge in [0.05, 0.1) is 5.25 Å². The molecule has 0 heterocycles. The first kappa shape index (κ1) is 18.3. The summed E-state index contributed by atoms with van der Waals surface area (Å²) in [4.78, 5) is 0. The lowest BCUT2D eigenvalue weighted by molar-refractivity contribution is 0.0706. The molecule has 0 atom stereocenters. The molecule has 1 aliphatic carbocycles. The maximum atomic E-state index is 11.9. The molecule has 0 spiro atoms. The third-order valence-electron chi connectivity index (χ3n) is 4.00. The summed E-state index contributed by atoms with van der Waals surface area (Å²) in [5.74, 6) is 0. The fraction of sp³-hybridized carbons (Fsp3) is 0.625. The van der Waals surface area contributed by atoms with Crippen molar-refractivity contribution in [2.24, 2.45) is 0 Å². The largest absolute Gasteiger partial charge is 0.494 e. The van der Waals surface area contributed by atoms with Gasteiger partial charge in [0.25, 0.3) is 0 Å². The number of rotatable bonds is 9. The molecular formula is C16H26BNO4S. The molecule has 0 amide bonds. The summed E-state index contributed by atoms with van der Waals surface area (Å²) in [7, 11) is -3.68. The van der Waals surface area contributed by atoms with Crippen molar-refractivity contribution in [2.45, 2.75) is 57.8 Å². The van der Waals surface area contributed by atoms with E-state index in [1.165, 1.54) is 0 Å². The van der Waals surface area contributed by atoms with Gasteiger partial charge in [0.1, 0.15) is 0 Å². The van der Waals surface area contributed by atoms with E-state index in [1.54, 1.807) is 12.1 Å². The highest BCUT2D eigenvalue weighted by molar-refractivity contribution is 7.93. The second kappa shape index (κ2) is 7.24. The van der Waals surface area contributed by atoms with Crippen molar-refractivity contribution >= 4 is 28.3 Å². The summed E-state index contributed by atoms with van der Waals surface area (Å²) >= 11 is 0. The highest BCUT2D eigenvalue weighted by atomic mass is 32.2. The number of hydrogen-bond acceptors (Lipinski definition) is 4. The Labute approximate surface area is 140 Å². The Morgan fingerprint density at radius 3 is 2.30 bits per heavy atom.